The Kier molecular flexibility index (Phi) is 3.36. The van der Waals surface area contributed by atoms with Crippen LogP contribution in [0.5, 0.6) is 0 Å². The van der Waals surface area contributed by atoms with Crippen LogP contribution < -0.4 is 5.32 Å². The molecule has 3 aromatic rings. The highest BCUT2D eigenvalue weighted by Gasteiger charge is 2.06. The number of aromatic nitrogens is 2. The van der Waals surface area contributed by atoms with Gasteiger partial charge < -0.3 is 5.32 Å². The maximum atomic E-state index is 6.27. The van der Waals surface area contributed by atoms with Crippen LogP contribution in [0.25, 0.3) is 10.2 Å². The van der Waals surface area contributed by atoms with E-state index in [1.54, 1.807) is 17.5 Å². The summed E-state index contributed by atoms with van der Waals surface area (Å²) in [7, 11) is 0. The van der Waals surface area contributed by atoms with E-state index in [1.807, 2.05) is 31.3 Å². The van der Waals surface area contributed by atoms with Crippen molar-refractivity contribution in [1.29, 1.82) is 0 Å². The fourth-order valence-electron chi connectivity index (χ4n) is 1.90. The number of aryl methyl sites for hydroxylation is 1. The zero-order valence-corrected chi connectivity index (χ0v) is 11.9. The van der Waals surface area contributed by atoms with Gasteiger partial charge in [-0.1, -0.05) is 17.7 Å². The van der Waals surface area contributed by atoms with E-state index in [-0.39, 0.29) is 0 Å². The second-order valence-electron chi connectivity index (χ2n) is 4.25. The molecule has 0 spiro atoms. The largest absolute Gasteiger partial charge is 0.380 e. The molecule has 0 radical (unpaired) electrons. The lowest BCUT2D eigenvalue weighted by Crippen LogP contribution is -2.00. The summed E-state index contributed by atoms with van der Waals surface area (Å²) in [6, 6.07) is 7.92. The molecule has 0 aliphatic carbocycles. The molecule has 5 heteroatoms. The molecule has 2 aromatic heterocycles. The summed E-state index contributed by atoms with van der Waals surface area (Å²) < 4.78 is 1.15. The van der Waals surface area contributed by atoms with Crippen molar-refractivity contribution in [2.45, 2.75) is 13.5 Å². The van der Waals surface area contributed by atoms with Crippen molar-refractivity contribution in [3.05, 3.63) is 52.3 Å². The Hall–Kier alpha value is -1.65. The second kappa shape index (κ2) is 5.15. The van der Waals surface area contributed by atoms with Crippen LogP contribution in [-0.4, -0.2) is 9.97 Å². The molecule has 0 saturated carbocycles. The van der Waals surface area contributed by atoms with Crippen LogP contribution in [0, 0.1) is 6.92 Å². The Morgan fingerprint density at radius 3 is 3.05 bits per heavy atom. The molecule has 0 aliphatic rings. The lowest BCUT2D eigenvalue weighted by molar-refractivity contribution is 1.11. The third kappa shape index (κ3) is 2.69. The third-order valence-electron chi connectivity index (χ3n) is 2.79. The lowest BCUT2D eigenvalue weighted by Gasteiger charge is -2.08. The maximum Gasteiger partial charge on any atom is 0.0907 e. The number of benzene rings is 1. The molecule has 0 aliphatic heterocycles. The fourth-order valence-corrected chi connectivity index (χ4v) is 2.97. The highest BCUT2D eigenvalue weighted by molar-refractivity contribution is 7.18. The number of hydrogen-bond acceptors (Lipinski definition) is 4. The van der Waals surface area contributed by atoms with E-state index in [0.29, 0.717) is 11.6 Å². The van der Waals surface area contributed by atoms with E-state index in [0.717, 1.165) is 26.5 Å². The Morgan fingerprint density at radius 2 is 2.26 bits per heavy atom. The quantitative estimate of drug-likeness (QED) is 0.782. The molecular formula is C14H12ClN3S. The van der Waals surface area contributed by atoms with E-state index in [4.69, 9.17) is 11.6 Å². The van der Waals surface area contributed by atoms with Crippen molar-refractivity contribution in [2.75, 3.05) is 5.32 Å². The Bertz CT molecular complexity index is 709. The maximum absolute atomic E-state index is 6.27. The molecule has 2 heterocycles. The van der Waals surface area contributed by atoms with Gasteiger partial charge in [0.2, 0.25) is 0 Å². The first-order chi connectivity index (χ1) is 9.22. The highest BCUT2D eigenvalue weighted by Crippen LogP contribution is 2.31. The summed E-state index contributed by atoms with van der Waals surface area (Å²) >= 11 is 7.94. The van der Waals surface area contributed by atoms with Gasteiger partial charge in [0.15, 0.2) is 0 Å². The number of nitrogens with zero attached hydrogens (tertiary/aromatic N) is 2. The summed E-state index contributed by atoms with van der Waals surface area (Å²) in [6.45, 7) is 2.71. The highest BCUT2D eigenvalue weighted by atomic mass is 35.5. The number of pyridine rings is 1. The van der Waals surface area contributed by atoms with Crippen LogP contribution in [0.2, 0.25) is 5.02 Å². The molecule has 0 bridgehead atoms. The van der Waals surface area contributed by atoms with Gasteiger partial charge in [-0.25, -0.2) is 4.98 Å². The van der Waals surface area contributed by atoms with Gasteiger partial charge in [-0.3, -0.25) is 4.98 Å². The first-order valence-electron chi connectivity index (χ1n) is 5.92. The molecule has 3 nitrogen and oxygen atoms in total. The Morgan fingerprint density at radius 1 is 1.37 bits per heavy atom. The van der Waals surface area contributed by atoms with Gasteiger partial charge in [0.1, 0.15) is 0 Å². The van der Waals surface area contributed by atoms with Crippen molar-refractivity contribution in [1.82, 2.24) is 9.97 Å². The van der Waals surface area contributed by atoms with Crippen LogP contribution in [0.1, 0.15) is 10.6 Å². The lowest BCUT2D eigenvalue weighted by atomic mass is 10.2. The minimum absolute atomic E-state index is 0.696. The van der Waals surface area contributed by atoms with Crippen LogP contribution in [-0.2, 0) is 6.54 Å². The third-order valence-corrected chi connectivity index (χ3v) is 4.04. The molecule has 1 aromatic carbocycles. The van der Waals surface area contributed by atoms with Crippen LogP contribution in [0.3, 0.4) is 0 Å². The zero-order chi connectivity index (χ0) is 13.2. The monoisotopic (exact) mass is 289 g/mol. The Labute approximate surface area is 120 Å². The van der Waals surface area contributed by atoms with Gasteiger partial charge in [0.25, 0.3) is 0 Å². The van der Waals surface area contributed by atoms with Crippen molar-refractivity contribution in [3.8, 4) is 0 Å². The minimum atomic E-state index is 0.696. The molecule has 0 fully saturated rings. The number of anilines is 1. The van der Waals surface area contributed by atoms with Crippen molar-refractivity contribution < 1.29 is 0 Å². The smallest absolute Gasteiger partial charge is 0.0907 e. The molecule has 19 heavy (non-hydrogen) atoms. The van der Waals surface area contributed by atoms with Crippen molar-refractivity contribution in [3.63, 3.8) is 0 Å². The van der Waals surface area contributed by atoms with Gasteiger partial charge in [0.05, 0.1) is 25.9 Å². The number of thiazole rings is 1. The topological polar surface area (TPSA) is 37.8 Å². The van der Waals surface area contributed by atoms with Crippen LogP contribution in [0.4, 0.5) is 5.69 Å². The van der Waals surface area contributed by atoms with E-state index >= 15 is 0 Å². The minimum Gasteiger partial charge on any atom is -0.380 e. The van der Waals surface area contributed by atoms with Gasteiger partial charge in [0, 0.05) is 18.9 Å². The van der Waals surface area contributed by atoms with Crippen molar-refractivity contribution >= 4 is 38.8 Å². The van der Waals surface area contributed by atoms with E-state index in [2.05, 4.69) is 21.4 Å². The number of hydrogen-bond donors (Lipinski definition) is 1. The van der Waals surface area contributed by atoms with Gasteiger partial charge >= 0.3 is 0 Å². The summed E-state index contributed by atoms with van der Waals surface area (Å²) in [5, 5.41) is 5.08. The molecule has 1 N–H and O–H groups in total. The molecule has 96 valence electrons. The zero-order valence-electron chi connectivity index (χ0n) is 10.4. The number of rotatable bonds is 3. The number of halogens is 1. The second-order valence-corrected chi connectivity index (χ2v) is 5.89. The predicted octanol–water partition coefficient (Wildman–Crippen LogP) is 4.27. The first-order valence-corrected chi connectivity index (χ1v) is 7.11. The number of nitrogens with one attached hydrogen (secondary N) is 1. The normalized spacial score (nSPS) is 10.8. The summed E-state index contributed by atoms with van der Waals surface area (Å²) in [4.78, 5) is 8.52. The summed E-state index contributed by atoms with van der Waals surface area (Å²) in [6.07, 6.45) is 3.61. The number of fused-ring (bicyclic) bond motifs is 1. The molecule has 0 unspecified atom stereocenters. The fraction of sp³-hybridized carbons (Fsp3) is 0.143. The van der Waals surface area contributed by atoms with E-state index in [9.17, 15) is 0 Å². The van der Waals surface area contributed by atoms with Crippen LogP contribution in [0.15, 0.2) is 36.7 Å². The van der Waals surface area contributed by atoms with Gasteiger partial charge in [-0.2, -0.15) is 0 Å². The predicted molar refractivity (Wildman–Crippen MR) is 80.9 cm³/mol. The van der Waals surface area contributed by atoms with E-state index in [1.165, 1.54) is 0 Å². The molecule has 0 saturated heterocycles. The molecule has 3 rings (SSSR count). The average Bonchev–Trinajstić information content (AvgIpc) is 2.76. The van der Waals surface area contributed by atoms with Gasteiger partial charge in [-0.15, -0.1) is 11.3 Å². The first kappa shape index (κ1) is 12.4. The Balaban J connectivity index is 1.86. The average molecular weight is 290 g/mol. The summed E-state index contributed by atoms with van der Waals surface area (Å²) in [5.41, 5.74) is 3.01. The van der Waals surface area contributed by atoms with E-state index < -0.39 is 0 Å². The standard InChI is InChI=1S/C14H12ClN3S/c1-9-18-13-5-11(15)12(6-14(13)19-9)17-8-10-3-2-4-16-7-10/h2-7,17H,8H2,1H3. The van der Waals surface area contributed by atoms with Crippen molar-refractivity contribution in [2.24, 2.45) is 0 Å². The molecule has 0 atom stereocenters. The molecular weight excluding hydrogens is 278 g/mol. The van der Waals surface area contributed by atoms with Crippen LogP contribution >= 0.6 is 22.9 Å². The SMILES string of the molecule is Cc1nc2cc(Cl)c(NCc3cccnc3)cc2s1. The summed E-state index contributed by atoms with van der Waals surface area (Å²) in [5.74, 6) is 0. The molecule has 0 amide bonds. The van der Waals surface area contributed by atoms with Gasteiger partial charge in [-0.05, 0) is 30.7 Å².